The Morgan fingerprint density at radius 3 is 2.95 bits per heavy atom. The fourth-order valence-electron chi connectivity index (χ4n) is 2.13. The van der Waals surface area contributed by atoms with Crippen molar-refractivity contribution in [1.82, 2.24) is 15.3 Å². The SMILES string of the molecule is CC(CN)CNC(=O)CCCc1nc2ccccc2c(=O)[nH]1. The molecule has 1 amide bonds. The summed E-state index contributed by atoms with van der Waals surface area (Å²) < 4.78 is 0. The Morgan fingerprint density at radius 2 is 2.18 bits per heavy atom. The van der Waals surface area contributed by atoms with Crippen LogP contribution in [0.15, 0.2) is 29.1 Å². The zero-order chi connectivity index (χ0) is 15.9. The molecule has 4 N–H and O–H groups in total. The van der Waals surface area contributed by atoms with Gasteiger partial charge in [-0.1, -0.05) is 19.1 Å². The summed E-state index contributed by atoms with van der Waals surface area (Å²) in [4.78, 5) is 30.8. The first-order valence-electron chi connectivity index (χ1n) is 7.55. The van der Waals surface area contributed by atoms with Gasteiger partial charge in [0.05, 0.1) is 10.9 Å². The van der Waals surface area contributed by atoms with Gasteiger partial charge in [-0.25, -0.2) is 4.98 Å². The lowest BCUT2D eigenvalue weighted by Gasteiger charge is -2.09. The Morgan fingerprint density at radius 1 is 1.41 bits per heavy atom. The molecule has 6 nitrogen and oxygen atoms in total. The third kappa shape index (κ3) is 4.39. The van der Waals surface area contributed by atoms with Crippen molar-refractivity contribution >= 4 is 16.8 Å². The van der Waals surface area contributed by atoms with Crippen molar-refractivity contribution in [3.63, 3.8) is 0 Å². The van der Waals surface area contributed by atoms with Crippen LogP contribution in [-0.4, -0.2) is 29.0 Å². The van der Waals surface area contributed by atoms with E-state index in [1.807, 2.05) is 25.1 Å². The van der Waals surface area contributed by atoms with Crippen LogP contribution < -0.4 is 16.6 Å². The molecular weight excluding hydrogens is 280 g/mol. The van der Waals surface area contributed by atoms with Gasteiger partial charge in [-0.15, -0.1) is 0 Å². The van der Waals surface area contributed by atoms with Crippen LogP contribution in [0, 0.1) is 5.92 Å². The Hall–Kier alpha value is -2.21. The Kier molecular flexibility index (Phi) is 5.66. The highest BCUT2D eigenvalue weighted by molar-refractivity contribution is 5.77. The van der Waals surface area contributed by atoms with E-state index in [9.17, 15) is 9.59 Å². The maximum atomic E-state index is 11.9. The molecule has 0 aliphatic rings. The average molecular weight is 302 g/mol. The van der Waals surface area contributed by atoms with Crippen molar-refractivity contribution in [2.75, 3.05) is 13.1 Å². The number of carbonyl (C=O) groups is 1. The summed E-state index contributed by atoms with van der Waals surface area (Å²) >= 11 is 0. The number of fused-ring (bicyclic) bond motifs is 1. The number of aryl methyl sites for hydroxylation is 1. The lowest BCUT2D eigenvalue weighted by Crippen LogP contribution is -2.31. The number of amides is 1. The molecule has 2 aromatic rings. The zero-order valence-electron chi connectivity index (χ0n) is 12.8. The molecule has 2 rings (SSSR count). The van der Waals surface area contributed by atoms with Gasteiger partial charge in [0.15, 0.2) is 0 Å². The van der Waals surface area contributed by atoms with Crippen LogP contribution in [0.25, 0.3) is 10.9 Å². The minimum atomic E-state index is -0.137. The third-order valence-corrected chi connectivity index (χ3v) is 3.53. The van der Waals surface area contributed by atoms with E-state index in [4.69, 9.17) is 5.73 Å². The number of para-hydroxylation sites is 1. The molecule has 0 saturated carbocycles. The molecule has 0 fully saturated rings. The summed E-state index contributed by atoms with van der Waals surface area (Å²) in [5.74, 6) is 0.901. The minimum absolute atomic E-state index is 0.00318. The minimum Gasteiger partial charge on any atom is -0.356 e. The number of rotatable bonds is 7. The monoisotopic (exact) mass is 302 g/mol. The molecular formula is C16H22N4O2. The summed E-state index contributed by atoms with van der Waals surface area (Å²) in [6.07, 6.45) is 1.62. The Balaban J connectivity index is 1.87. The van der Waals surface area contributed by atoms with Crippen LogP contribution in [0.2, 0.25) is 0 Å². The summed E-state index contributed by atoms with van der Waals surface area (Å²) in [5, 5.41) is 3.43. The maximum absolute atomic E-state index is 11.9. The number of hydrogen-bond donors (Lipinski definition) is 3. The fraction of sp³-hybridized carbons (Fsp3) is 0.438. The number of aromatic amines is 1. The van der Waals surface area contributed by atoms with E-state index in [0.717, 1.165) is 0 Å². The van der Waals surface area contributed by atoms with Crippen LogP contribution in [0.1, 0.15) is 25.6 Å². The van der Waals surface area contributed by atoms with Gasteiger partial charge in [0.25, 0.3) is 5.56 Å². The molecule has 0 spiro atoms. The lowest BCUT2D eigenvalue weighted by atomic mass is 10.1. The maximum Gasteiger partial charge on any atom is 0.258 e. The molecule has 1 atom stereocenters. The van der Waals surface area contributed by atoms with E-state index < -0.39 is 0 Å². The summed E-state index contributed by atoms with van der Waals surface area (Å²) in [6.45, 7) is 3.15. The fourth-order valence-corrected chi connectivity index (χ4v) is 2.13. The van der Waals surface area contributed by atoms with Crippen molar-refractivity contribution in [2.45, 2.75) is 26.2 Å². The zero-order valence-corrected chi connectivity index (χ0v) is 12.8. The van der Waals surface area contributed by atoms with E-state index in [2.05, 4.69) is 15.3 Å². The Bertz CT molecular complexity index is 696. The molecule has 1 aromatic heterocycles. The van der Waals surface area contributed by atoms with Gasteiger partial charge in [0, 0.05) is 19.4 Å². The van der Waals surface area contributed by atoms with Crippen LogP contribution in [0.5, 0.6) is 0 Å². The van der Waals surface area contributed by atoms with Gasteiger partial charge in [-0.05, 0) is 31.0 Å². The van der Waals surface area contributed by atoms with Crippen molar-refractivity contribution < 1.29 is 4.79 Å². The van der Waals surface area contributed by atoms with Gasteiger partial charge < -0.3 is 16.0 Å². The Labute approximate surface area is 129 Å². The summed E-state index contributed by atoms with van der Waals surface area (Å²) in [5.41, 5.74) is 6.05. The van der Waals surface area contributed by atoms with E-state index >= 15 is 0 Å². The van der Waals surface area contributed by atoms with Crippen molar-refractivity contribution in [3.05, 3.63) is 40.4 Å². The van der Waals surface area contributed by atoms with Gasteiger partial charge in [-0.2, -0.15) is 0 Å². The first kappa shape index (κ1) is 16.2. The molecule has 0 aliphatic heterocycles. The third-order valence-electron chi connectivity index (χ3n) is 3.53. The molecule has 0 aliphatic carbocycles. The average Bonchev–Trinajstić information content (AvgIpc) is 2.52. The van der Waals surface area contributed by atoms with Crippen LogP contribution in [0.4, 0.5) is 0 Å². The number of nitrogens with one attached hydrogen (secondary N) is 2. The van der Waals surface area contributed by atoms with Crippen molar-refractivity contribution in [1.29, 1.82) is 0 Å². The van der Waals surface area contributed by atoms with Gasteiger partial charge in [-0.3, -0.25) is 9.59 Å². The predicted octanol–water partition coefficient (Wildman–Crippen LogP) is 0.957. The molecule has 1 heterocycles. The predicted molar refractivity (Wildman–Crippen MR) is 86.5 cm³/mol. The highest BCUT2D eigenvalue weighted by Gasteiger charge is 2.06. The number of benzene rings is 1. The number of H-pyrrole nitrogens is 1. The topological polar surface area (TPSA) is 101 Å². The molecule has 0 bridgehead atoms. The number of nitrogens with two attached hydrogens (primary N) is 1. The molecule has 118 valence electrons. The molecule has 1 aromatic carbocycles. The van der Waals surface area contributed by atoms with E-state index in [1.54, 1.807) is 6.07 Å². The molecule has 22 heavy (non-hydrogen) atoms. The first-order valence-corrected chi connectivity index (χ1v) is 7.55. The summed E-state index contributed by atoms with van der Waals surface area (Å²) in [7, 11) is 0. The van der Waals surface area contributed by atoms with E-state index in [-0.39, 0.29) is 17.4 Å². The quantitative estimate of drug-likeness (QED) is 0.709. The molecule has 6 heteroatoms. The number of carbonyl (C=O) groups excluding carboxylic acids is 1. The van der Waals surface area contributed by atoms with Crippen LogP contribution in [0.3, 0.4) is 0 Å². The van der Waals surface area contributed by atoms with Crippen molar-refractivity contribution in [2.24, 2.45) is 11.7 Å². The van der Waals surface area contributed by atoms with Crippen LogP contribution >= 0.6 is 0 Å². The van der Waals surface area contributed by atoms with Crippen LogP contribution in [-0.2, 0) is 11.2 Å². The number of aromatic nitrogens is 2. The second kappa shape index (κ2) is 7.70. The molecule has 1 unspecified atom stereocenters. The van der Waals surface area contributed by atoms with E-state index in [0.29, 0.717) is 49.1 Å². The number of nitrogens with zero attached hydrogens (tertiary/aromatic N) is 1. The first-order chi connectivity index (χ1) is 10.6. The normalized spacial score (nSPS) is 12.3. The largest absolute Gasteiger partial charge is 0.356 e. The highest BCUT2D eigenvalue weighted by atomic mass is 16.1. The number of hydrogen-bond acceptors (Lipinski definition) is 4. The van der Waals surface area contributed by atoms with Gasteiger partial charge in [0.2, 0.25) is 5.91 Å². The standard InChI is InChI=1S/C16H22N4O2/c1-11(9-17)10-18-15(21)8-4-7-14-19-13-6-3-2-5-12(13)16(22)20-14/h2-3,5-6,11H,4,7-10,17H2,1H3,(H,18,21)(H,19,20,22). The smallest absolute Gasteiger partial charge is 0.258 e. The lowest BCUT2D eigenvalue weighted by molar-refractivity contribution is -0.121. The second-order valence-corrected chi connectivity index (χ2v) is 5.53. The molecule has 0 saturated heterocycles. The van der Waals surface area contributed by atoms with Gasteiger partial charge >= 0.3 is 0 Å². The van der Waals surface area contributed by atoms with Gasteiger partial charge in [0.1, 0.15) is 5.82 Å². The second-order valence-electron chi connectivity index (χ2n) is 5.53. The molecule has 0 radical (unpaired) electrons. The van der Waals surface area contributed by atoms with E-state index in [1.165, 1.54) is 0 Å². The summed E-state index contributed by atoms with van der Waals surface area (Å²) in [6, 6.07) is 7.22. The van der Waals surface area contributed by atoms with Crippen molar-refractivity contribution in [3.8, 4) is 0 Å². The highest BCUT2D eigenvalue weighted by Crippen LogP contribution is 2.07.